The van der Waals surface area contributed by atoms with E-state index in [0.717, 1.165) is 15.3 Å². The predicted octanol–water partition coefficient (Wildman–Crippen LogP) is 3.06. The Hall–Kier alpha value is -2.98. The molecular weight excluding hydrogens is 450 g/mol. The standard InChI is InChI=1S/C22H21N3O5S2/c1-11-12(2)32-19-17(11)18(26)23-16(24-19)10-31-13(3)22(29)30-9-8-25-20(27)14-6-4-5-7-15(14)21(25)28/h4-7,13H,8-10H2,1-3H3,(H,23,24,26)/t13-/m1/s1. The molecule has 1 aliphatic rings. The number of ether oxygens (including phenoxy) is 1. The molecule has 8 nitrogen and oxygen atoms in total. The fraction of sp³-hybridized carbons (Fsp3) is 0.318. The molecule has 0 bridgehead atoms. The molecule has 0 unspecified atom stereocenters. The van der Waals surface area contributed by atoms with E-state index in [0.29, 0.717) is 32.9 Å². The fourth-order valence-corrected chi connectivity index (χ4v) is 5.23. The lowest BCUT2D eigenvalue weighted by Crippen LogP contribution is -2.34. The van der Waals surface area contributed by atoms with E-state index in [1.165, 1.54) is 23.1 Å². The van der Waals surface area contributed by atoms with Gasteiger partial charge in [-0.3, -0.25) is 24.1 Å². The van der Waals surface area contributed by atoms with E-state index < -0.39 is 11.2 Å². The van der Waals surface area contributed by atoms with Crippen LogP contribution in [0, 0.1) is 13.8 Å². The molecule has 32 heavy (non-hydrogen) atoms. The minimum atomic E-state index is -0.509. The number of imide groups is 1. The van der Waals surface area contributed by atoms with Crippen molar-refractivity contribution < 1.29 is 19.1 Å². The minimum absolute atomic E-state index is 0.00189. The van der Waals surface area contributed by atoms with E-state index >= 15 is 0 Å². The lowest BCUT2D eigenvalue weighted by molar-refractivity contribution is -0.142. The SMILES string of the molecule is Cc1sc2nc(CS[C@H](C)C(=O)OCCN3C(=O)c4ccccc4C3=O)[nH]c(=O)c2c1C. The van der Waals surface area contributed by atoms with Crippen LogP contribution < -0.4 is 5.56 Å². The number of amides is 2. The Morgan fingerprint density at radius 2 is 1.84 bits per heavy atom. The first-order valence-corrected chi connectivity index (χ1v) is 11.9. The highest BCUT2D eigenvalue weighted by molar-refractivity contribution is 7.99. The molecule has 10 heteroatoms. The van der Waals surface area contributed by atoms with Crippen molar-refractivity contribution in [3.63, 3.8) is 0 Å². The Morgan fingerprint density at radius 1 is 1.19 bits per heavy atom. The smallest absolute Gasteiger partial charge is 0.318 e. The van der Waals surface area contributed by atoms with Crippen LogP contribution in [0.3, 0.4) is 0 Å². The Morgan fingerprint density at radius 3 is 2.50 bits per heavy atom. The Balaban J connectivity index is 1.30. The number of esters is 1. The summed E-state index contributed by atoms with van der Waals surface area (Å²) >= 11 is 2.76. The second kappa shape index (κ2) is 8.87. The van der Waals surface area contributed by atoms with Gasteiger partial charge in [-0.15, -0.1) is 23.1 Å². The average molecular weight is 472 g/mol. The molecule has 3 aromatic rings. The number of hydrogen-bond donors (Lipinski definition) is 1. The van der Waals surface area contributed by atoms with Crippen molar-refractivity contribution in [2.24, 2.45) is 0 Å². The molecule has 0 fully saturated rings. The van der Waals surface area contributed by atoms with Crippen LogP contribution in [0.25, 0.3) is 10.2 Å². The van der Waals surface area contributed by atoms with Gasteiger partial charge in [0.1, 0.15) is 22.5 Å². The first-order valence-electron chi connectivity index (χ1n) is 10.00. The van der Waals surface area contributed by atoms with Crippen LogP contribution >= 0.6 is 23.1 Å². The molecule has 1 atom stereocenters. The number of benzene rings is 1. The molecule has 1 aliphatic heterocycles. The van der Waals surface area contributed by atoms with Gasteiger partial charge >= 0.3 is 5.97 Å². The Bertz CT molecular complexity index is 1260. The number of aromatic nitrogens is 2. The van der Waals surface area contributed by atoms with E-state index in [2.05, 4.69) is 9.97 Å². The summed E-state index contributed by atoms with van der Waals surface area (Å²) in [6.07, 6.45) is 0. The van der Waals surface area contributed by atoms with E-state index in [9.17, 15) is 19.2 Å². The van der Waals surface area contributed by atoms with E-state index in [-0.39, 0.29) is 30.5 Å². The summed E-state index contributed by atoms with van der Waals surface area (Å²) in [7, 11) is 0. The topological polar surface area (TPSA) is 109 Å². The van der Waals surface area contributed by atoms with Gasteiger partial charge in [0.2, 0.25) is 0 Å². The van der Waals surface area contributed by atoms with Gasteiger partial charge in [0.05, 0.1) is 28.8 Å². The number of rotatable bonds is 7. The molecule has 0 radical (unpaired) electrons. The summed E-state index contributed by atoms with van der Waals surface area (Å²) in [5.74, 6) is -0.380. The van der Waals surface area contributed by atoms with Crippen molar-refractivity contribution in [1.29, 1.82) is 0 Å². The van der Waals surface area contributed by atoms with Gasteiger partial charge in [-0.2, -0.15) is 0 Å². The van der Waals surface area contributed by atoms with Crippen LogP contribution in [-0.4, -0.2) is 51.1 Å². The highest BCUT2D eigenvalue weighted by Gasteiger charge is 2.35. The molecule has 4 rings (SSSR count). The first-order chi connectivity index (χ1) is 15.3. The minimum Gasteiger partial charge on any atom is -0.463 e. The molecule has 3 heterocycles. The summed E-state index contributed by atoms with van der Waals surface area (Å²) < 4.78 is 5.27. The van der Waals surface area contributed by atoms with Crippen molar-refractivity contribution in [2.45, 2.75) is 31.8 Å². The van der Waals surface area contributed by atoms with Crippen LogP contribution in [-0.2, 0) is 15.3 Å². The highest BCUT2D eigenvalue weighted by atomic mass is 32.2. The molecule has 0 saturated carbocycles. The van der Waals surface area contributed by atoms with Crippen molar-refractivity contribution in [1.82, 2.24) is 14.9 Å². The van der Waals surface area contributed by atoms with Crippen LogP contribution in [0.2, 0.25) is 0 Å². The number of carbonyl (C=O) groups excluding carboxylic acids is 3. The number of aryl methyl sites for hydroxylation is 2. The second-order valence-corrected chi connectivity index (χ2v) is 9.94. The number of H-pyrrole nitrogens is 1. The van der Waals surface area contributed by atoms with Gasteiger partial charge < -0.3 is 9.72 Å². The van der Waals surface area contributed by atoms with Crippen LogP contribution in [0.4, 0.5) is 0 Å². The summed E-state index contributed by atoms with van der Waals surface area (Å²) in [6.45, 7) is 5.47. The lowest BCUT2D eigenvalue weighted by Gasteiger charge is -2.15. The van der Waals surface area contributed by atoms with Crippen molar-refractivity contribution in [3.05, 3.63) is 62.0 Å². The van der Waals surface area contributed by atoms with E-state index in [1.807, 2.05) is 13.8 Å². The number of nitrogens with one attached hydrogen (secondary N) is 1. The van der Waals surface area contributed by atoms with Gasteiger partial charge in [0, 0.05) is 4.88 Å². The molecular formula is C22H21N3O5S2. The zero-order valence-electron chi connectivity index (χ0n) is 17.8. The summed E-state index contributed by atoms with van der Waals surface area (Å²) in [5.41, 5.74) is 1.49. The van der Waals surface area contributed by atoms with Gasteiger partial charge in [-0.05, 0) is 38.5 Å². The maximum Gasteiger partial charge on any atom is 0.318 e. The molecule has 1 N–H and O–H groups in total. The number of thioether (sulfide) groups is 1. The molecule has 2 amide bonds. The number of carbonyl (C=O) groups is 3. The number of nitrogens with zero attached hydrogens (tertiary/aromatic N) is 2. The van der Waals surface area contributed by atoms with Crippen LogP contribution in [0.1, 0.15) is 43.9 Å². The maximum atomic E-state index is 12.4. The predicted molar refractivity (Wildman–Crippen MR) is 123 cm³/mol. The number of fused-ring (bicyclic) bond motifs is 2. The molecule has 1 aromatic carbocycles. The Kier molecular flexibility index (Phi) is 6.16. The summed E-state index contributed by atoms with van der Waals surface area (Å²) in [4.78, 5) is 59.5. The zero-order valence-corrected chi connectivity index (χ0v) is 19.4. The third-order valence-corrected chi connectivity index (χ3v) is 7.56. The first kappa shape index (κ1) is 22.2. The normalized spacial score (nSPS) is 14.2. The molecule has 0 spiro atoms. The zero-order chi connectivity index (χ0) is 23.0. The number of aromatic amines is 1. The van der Waals surface area contributed by atoms with Crippen molar-refractivity contribution in [3.8, 4) is 0 Å². The van der Waals surface area contributed by atoms with Crippen molar-refractivity contribution >= 4 is 51.1 Å². The third kappa shape index (κ3) is 4.07. The summed E-state index contributed by atoms with van der Waals surface area (Å²) in [5, 5.41) is 0.104. The highest BCUT2D eigenvalue weighted by Crippen LogP contribution is 2.27. The quantitative estimate of drug-likeness (QED) is 0.417. The third-order valence-electron chi connectivity index (χ3n) is 5.33. The number of thiophene rings is 1. The molecule has 2 aromatic heterocycles. The lowest BCUT2D eigenvalue weighted by atomic mass is 10.1. The van der Waals surface area contributed by atoms with Gasteiger partial charge in [-0.1, -0.05) is 12.1 Å². The van der Waals surface area contributed by atoms with Gasteiger partial charge in [0.25, 0.3) is 17.4 Å². The van der Waals surface area contributed by atoms with Gasteiger partial charge in [0.15, 0.2) is 0 Å². The fourth-order valence-electron chi connectivity index (χ4n) is 3.44. The number of hydrogen-bond acceptors (Lipinski definition) is 8. The average Bonchev–Trinajstić information content (AvgIpc) is 3.20. The summed E-state index contributed by atoms with van der Waals surface area (Å²) in [6, 6.07) is 6.61. The van der Waals surface area contributed by atoms with E-state index in [4.69, 9.17) is 4.74 Å². The van der Waals surface area contributed by atoms with E-state index in [1.54, 1.807) is 31.2 Å². The monoisotopic (exact) mass is 471 g/mol. The second-order valence-electron chi connectivity index (χ2n) is 7.40. The molecule has 0 aliphatic carbocycles. The van der Waals surface area contributed by atoms with Gasteiger partial charge in [-0.25, -0.2) is 4.98 Å². The Labute approximate surface area is 192 Å². The van der Waals surface area contributed by atoms with Crippen molar-refractivity contribution in [2.75, 3.05) is 13.2 Å². The molecule has 0 saturated heterocycles. The molecule has 166 valence electrons. The van der Waals surface area contributed by atoms with Crippen LogP contribution in [0.5, 0.6) is 0 Å². The largest absolute Gasteiger partial charge is 0.463 e. The maximum absolute atomic E-state index is 12.4. The van der Waals surface area contributed by atoms with Crippen LogP contribution in [0.15, 0.2) is 29.1 Å².